The Labute approximate surface area is 228 Å². The molecule has 0 radical (unpaired) electrons. The second-order valence-corrected chi connectivity index (χ2v) is 9.00. The van der Waals surface area contributed by atoms with Gasteiger partial charge in [0.05, 0.1) is 12.7 Å². The van der Waals surface area contributed by atoms with Crippen LogP contribution in [0.25, 0.3) is 0 Å². The zero-order chi connectivity index (χ0) is 28.2. The smallest absolute Gasteiger partial charge is 0.408 e. The van der Waals surface area contributed by atoms with Crippen LogP contribution in [0, 0.1) is 5.92 Å². The Kier molecular flexibility index (Phi) is 10.7. The molecule has 0 aliphatic heterocycles. The number of alkyl carbamates (subject to hydrolysis) is 1. The first kappa shape index (κ1) is 29.0. The number of hydrogen-bond donors (Lipinski definition) is 1. The van der Waals surface area contributed by atoms with E-state index in [0.717, 1.165) is 16.9 Å². The highest BCUT2D eigenvalue weighted by Crippen LogP contribution is 2.17. The van der Waals surface area contributed by atoms with Crippen LogP contribution in [0.3, 0.4) is 0 Å². The van der Waals surface area contributed by atoms with Crippen molar-refractivity contribution in [1.29, 1.82) is 0 Å². The topological polar surface area (TPSA) is 109 Å². The lowest BCUT2D eigenvalue weighted by molar-refractivity contribution is -0.165. The highest BCUT2D eigenvalue weighted by molar-refractivity contribution is 5.89. The molecule has 3 aromatic carbocycles. The van der Waals surface area contributed by atoms with Gasteiger partial charge >= 0.3 is 18.0 Å². The summed E-state index contributed by atoms with van der Waals surface area (Å²) in [6.45, 7) is 5.32. The fourth-order valence-corrected chi connectivity index (χ4v) is 3.47. The summed E-state index contributed by atoms with van der Waals surface area (Å²) in [6.07, 6.45) is -1.67. The zero-order valence-corrected chi connectivity index (χ0v) is 22.4. The molecule has 0 spiro atoms. The predicted molar refractivity (Wildman–Crippen MR) is 143 cm³/mol. The van der Waals surface area contributed by atoms with Crippen molar-refractivity contribution < 1.29 is 38.1 Å². The molecule has 0 aliphatic carbocycles. The van der Waals surface area contributed by atoms with Crippen LogP contribution in [0.2, 0.25) is 0 Å². The number of ether oxygens (including phenoxy) is 5. The quantitative estimate of drug-likeness (QED) is 0.190. The summed E-state index contributed by atoms with van der Waals surface area (Å²) >= 11 is 0. The molecule has 3 rings (SSSR count). The maximum atomic E-state index is 12.7. The third kappa shape index (κ3) is 9.37. The van der Waals surface area contributed by atoms with Crippen molar-refractivity contribution in [3.05, 3.63) is 95.6 Å². The minimum absolute atomic E-state index is 0.0804. The van der Waals surface area contributed by atoms with Crippen LogP contribution >= 0.6 is 0 Å². The maximum absolute atomic E-state index is 12.7. The SMILES string of the molecule is COc1ccc(COC(=O)c2ccc(OC(C)OC(=O)[C@@H](NC(=O)OCc3ccccc3)C(C)C)cc2)cc1. The molecule has 9 heteroatoms. The second kappa shape index (κ2) is 14.4. The molecule has 0 aliphatic rings. The van der Waals surface area contributed by atoms with E-state index in [-0.39, 0.29) is 19.1 Å². The molecule has 1 unspecified atom stereocenters. The molecule has 1 amide bonds. The van der Waals surface area contributed by atoms with Crippen molar-refractivity contribution in [2.45, 2.75) is 46.3 Å². The normalized spacial score (nSPS) is 12.1. The molecule has 0 fully saturated rings. The number of carbonyl (C=O) groups is 3. The number of amides is 1. The van der Waals surface area contributed by atoms with Crippen molar-refractivity contribution in [3.63, 3.8) is 0 Å². The van der Waals surface area contributed by atoms with E-state index in [1.165, 1.54) is 0 Å². The predicted octanol–water partition coefficient (Wildman–Crippen LogP) is 5.27. The van der Waals surface area contributed by atoms with Gasteiger partial charge in [0, 0.05) is 6.92 Å². The lowest BCUT2D eigenvalue weighted by Gasteiger charge is -2.23. The molecule has 0 bridgehead atoms. The van der Waals surface area contributed by atoms with Crippen LogP contribution in [0.5, 0.6) is 11.5 Å². The lowest BCUT2D eigenvalue weighted by Crippen LogP contribution is -2.46. The summed E-state index contributed by atoms with van der Waals surface area (Å²) in [6, 6.07) is 21.8. The number of rotatable bonds is 12. The Balaban J connectivity index is 1.46. The maximum Gasteiger partial charge on any atom is 0.408 e. The number of carbonyl (C=O) groups excluding carboxylic acids is 3. The molecule has 0 heterocycles. The van der Waals surface area contributed by atoms with Crippen molar-refractivity contribution in [1.82, 2.24) is 5.32 Å². The minimum Gasteiger partial charge on any atom is -0.497 e. The van der Waals surface area contributed by atoms with Gasteiger partial charge in [0.15, 0.2) is 0 Å². The Morgan fingerprint density at radius 1 is 0.744 bits per heavy atom. The standard InChI is InChI=1S/C30H33NO8/c1-20(2)27(31-30(34)37-19-22-8-6-5-7-9-22)29(33)39-21(3)38-26-16-12-24(13-17-26)28(32)36-18-23-10-14-25(35-4)15-11-23/h5-17,20-21,27H,18-19H2,1-4H3,(H,31,34)/t21?,27-/m0/s1. The summed E-state index contributed by atoms with van der Waals surface area (Å²) in [7, 11) is 1.58. The fraction of sp³-hybridized carbons (Fsp3) is 0.300. The van der Waals surface area contributed by atoms with Crippen molar-refractivity contribution in [2.24, 2.45) is 5.92 Å². The van der Waals surface area contributed by atoms with Crippen LogP contribution in [0.15, 0.2) is 78.9 Å². The third-order valence-corrected chi connectivity index (χ3v) is 5.61. The molecule has 0 aromatic heterocycles. The monoisotopic (exact) mass is 535 g/mol. The van der Waals surface area contributed by atoms with Crippen LogP contribution < -0.4 is 14.8 Å². The Morgan fingerprint density at radius 3 is 1.95 bits per heavy atom. The van der Waals surface area contributed by atoms with Gasteiger partial charge in [-0.25, -0.2) is 14.4 Å². The van der Waals surface area contributed by atoms with Gasteiger partial charge < -0.3 is 29.0 Å². The molecule has 0 saturated heterocycles. The van der Waals surface area contributed by atoms with Gasteiger partial charge in [-0.1, -0.05) is 56.3 Å². The number of esters is 2. The molecule has 3 aromatic rings. The molecule has 9 nitrogen and oxygen atoms in total. The van der Waals surface area contributed by atoms with E-state index >= 15 is 0 Å². The van der Waals surface area contributed by atoms with Crippen LogP contribution in [-0.2, 0) is 32.2 Å². The highest BCUT2D eigenvalue weighted by Gasteiger charge is 2.28. The molecule has 1 N–H and O–H groups in total. The van der Waals surface area contributed by atoms with Gasteiger partial charge in [-0.3, -0.25) is 0 Å². The van der Waals surface area contributed by atoms with E-state index in [2.05, 4.69) is 5.32 Å². The highest BCUT2D eigenvalue weighted by atomic mass is 16.7. The Hall–Kier alpha value is -4.53. The van der Waals surface area contributed by atoms with Crippen LogP contribution in [0.1, 0.15) is 42.3 Å². The Morgan fingerprint density at radius 2 is 1.33 bits per heavy atom. The molecule has 0 saturated carbocycles. The number of benzene rings is 3. The average Bonchev–Trinajstić information content (AvgIpc) is 2.94. The summed E-state index contributed by atoms with van der Waals surface area (Å²) in [4.78, 5) is 37.3. The van der Waals surface area contributed by atoms with Crippen molar-refractivity contribution >= 4 is 18.0 Å². The van der Waals surface area contributed by atoms with E-state index < -0.39 is 30.4 Å². The first-order valence-corrected chi connectivity index (χ1v) is 12.5. The van der Waals surface area contributed by atoms with Gasteiger partial charge in [0.2, 0.25) is 6.29 Å². The van der Waals surface area contributed by atoms with Crippen LogP contribution in [-0.4, -0.2) is 37.5 Å². The molecule has 39 heavy (non-hydrogen) atoms. The number of methoxy groups -OCH3 is 1. The summed E-state index contributed by atoms with van der Waals surface area (Å²) in [5.41, 5.74) is 2.01. The largest absolute Gasteiger partial charge is 0.497 e. The average molecular weight is 536 g/mol. The van der Waals surface area contributed by atoms with Gasteiger partial charge in [-0.15, -0.1) is 0 Å². The number of nitrogens with one attached hydrogen (secondary N) is 1. The van der Waals surface area contributed by atoms with Gasteiger partial charge in [-0.05, 0) is 53.4 Å². The van der Waals surface area contributed by atoms with Crippen molar-refractivity contribution in [3.8, 4) is 11.5 Å². The molecule has 2 atom stereocenters. The molecular formula is C30H33NO8. The van der Waals surface area contributed by atoms with Gasteiger partial charge in [0.25, 0.3) is 0 Å². The fourth-order valence-electron chi connectivity index (χ4n) is 3.47. The van der Waals surface area contributed by atoms with Gasteiger partial charge in [0.1, 0.15) is 30.8 Å². The summed E-state index contributed by atoms with van der Waals surface area (Å²) in [5, 5.41) is 2.56. The summed E-state index contributed by atoms with van der Waals surface area (Å²) < 4.78 is 26.7. The first-order valence-electron chi connectivity index (χ1n) is 12.5. The summed E-state index contributed by atoms with van der Waals surface area (Å²) in [5.74, 6) is -0.289. The van der Waals surface area contributed by atoms with Crippen LogP contribution in [0.4, 0.5) is 4.79 Å². The third-order valence-electron chi connectivity index (χ3n) is 5.61. The Bertz CT molecular complexity index is 1210. The molecular weight excluding hydrogens is 502 g/mol. The van der Waals surface area contributed by atoms with Gasteiger partial charge in [-0.2, -0.15) is 0 Å². The molecule has 206 valence electrons. The van der Waals surface area contributed by atoms with E-state index in [0.29, 0.717) is 11.3 Å². The van der Waals surface area contributed by atoms with E-state index in [9.17, 15) is 14.4 Å². The van der Waals surface area contributed by atoms with E-state index in [4.69, 9.17) is 23.7 Å². The second-order valence-electron chi connectivity index (χ2n) is 9.00. The first-order chi connectivity index (χ1) is 18.7. The minimum atomic E-state index is -0.950. The number of hydrogen-bond acceptors (Lipinski definition) is 8. The lowest BCUT2D eigenvalue weighted by atomic mass is 10.1. The van der Waals surface area contributed by atoms with E-state index in [1.807, 2.05) is 42.5 Å². The van der Waals surface area contributed by atoms with Crippen molar-refractivity contribution in [2.75, 3.05) is 7.11 Å². The van der Waals surface area contributed by atoms with E-state index in [1.54, 1.807) is 64.3 Å². The zero-order valence-electron chi connectivity index (χ0n) is 22.4.